The third kappa shape index (κ3) is 3.55. The number of nitrogens with one attached hydrogen (secondary N) is 1. The minimum Gasteiger partial charge on any atom is -0.344 e. The van der Waals surface area contributed by atoms with Crippen molar-refractivity contribution in [3.63, 3.8) is 0 Å². The van der Waals surface area contributed by atoms with Crippen molar-refractivity contribution in [2.45, 2.75) is 12.6 Å². The van der Waals surface area contributed by atoms with E-state index in [9.17, 15) is 4.79 Å². The molecule has 4 nitrogen and oxygen atoms in total. The first-order valence-corrected chi connectivity index (χ1v) is 8.07. The van der Waals surface area contributed by atoms with Gasteiger partial charge >= 0.3 is 0 Å². The molecule has 2 aromatic heterocycles. The number of carbonyl (C=O) groups is 1. The molecule has 0 fully saturated rings. The molecule has 3 aromatic rings. The summed E-state index contributed by atoms with van der Waals surface area (Å²) in [5, 5.41) is 7.79. The van der Waals surface area contributed by atoms with Crippen LogP contribution in [0.5, 0.6) is 0 Å². The van der Waals surface area contributed by atoms with Crippen molar-refractivity contribution in [2.24, 2.45) is 0 Å². The van der Waals surface area contributed by atoms with Crippen molar-refractivity contribution in [3.8, 4) is 0 Å². The summed E-state index contributed by atoms with van der Waals surface area (Å²) in [5.74, 6) is -0.0656. The molecule has 0 aliphatic rings. The Morgan fingerprint density at radius 3 is 2.73 bits per heavy atom. The standard InChI is InChI=1S/C16H14ClN3OS/c17-14-3-1-12(2-4-14)16(13-5-8-22-10-13)19-15(21)9-20-7-6-18-11-20/h1-8,10-11,16H,9H2,(H,19,21)/t16-/m1/s1. The van der Waals surface area contributed by atoms with Crippen LogP contribution in [0.4, 0.5) is 0 Å². The molecule has 3 rings (SSSR count). The molecule has 0 bridgehead atoms. The van der Waals surface area contributed by atoms with Crippen LogP contribution in [0.3, 0.4) is 0 Å². The van der Waals surface area contributed by atoms with E-state index in [0.717, 1.165) is 11.1 Å². The quantitative estimate of drug-likeness (QED) is 0.777. The predicted octanol–water partition coefficient (Wildman–Crippen LogP) is 3.50. The van der Waals surface area contributed by atoms with E-state index in [0.29, 0.717) is 5.02 Å². The molecule has 1 N–H and O–H groups in total. The number of hydrogen-bond donors (Lipinski definition) is 1. The molecule has 0 unspecified atom stereocenters. The number of halogens is 1. The number of thiophene rings is 1. The maximum absolute atomic E-state index is 12.3. The van der Waals surface area contributed by atoms with Crippen LogP contribution in [0.1, 0.15) is 17.2 Å². The van der Waals surface area contributed by atoms with E-state index in [4.69, 9.17) is 11.6 Å². The Morgan fingerprint density at radius 2 is 2.09 bits per heavy atom. The first-order chi connectivity index (χ1) is 10.7. The van der Waals surface area contributed by atoms with Gasteiger partial charge in [-0.25, -0.2) is 4.98 Å². The summed E-state index contributed by atoms with van der Waals surface area (Å²) in [5.41, 5.74) is 2.06. The van der Waals surface area contributed by atoms with Crippen molar-refractivity contribution in [2.75, 3.05) is 0 Å². The van der Waals surface area contributed by atoms with E-state index in [2.05, 4.69) is 10.3 Å². The van der Waals surface area contributed by atoms with Crippen LogP contribution in [0.25, 0.3) is 0 Å². The first-order valence-electron chi connectivity index (χ1n) is 6.75. The number of carbonyl (C=O) groups excluding carboxylic acids is 1. The van der Waals surface area contributed by atoms with Gasteiger partial charge in [0.15, 0.2) is 0 Å². The lowest BCUT2D eigenvalue weighted by Crippen LogP contribution is -2.31. The Kier molecular flexibility index (Phi) is 4.56. The molecule has 112 valence electrons. The van der Waals surface area contributed by atoms with Gasteiger partial charge in [0, 0.05) is 17.4 Å². The van der Waals surface area contributed by atoms with Gasteiger partial charge in [-0.3, -0.25) is 4.79 Å². The van der Waals surface area contributed by atoms with Crippen molar-refractivity contribution in [1.29, 1.82) is 0 Å². The van der Waals surface area contributed by atoms with E-state index in [1.165, 1.54) is 0 Å². The molecule has 0 radical (unpaired) electrons. The van der Waals surface area contributed by atoms with Gasteiger partial charge in [0.2, 0.25) is 5.91 Å². The van der Waals surface area contributed by atoms with Crippen LogP contribution in [-0.4, -0.2) is 15.5 Å². The second kappa shape index (κ2) is 6.77. The molecule has 1 atom stereocenters. The molecule has 1 amide bonds. The normalized spacial score (nSPS) is 12.0. The Morgan fingerprint density at radius 1 is 1.27 bits per heavy atom. The molecule has 0 spiro atoms. The Balaban J connectivity index is 1.80. The van der Waals surface area contributed by atoms with Gasteiger partial charge in [0.1, 0.15) is 6.54 Å². The summed E-state index contributed by atoms with van der Waals surface area (Å²) in [6, 6.07) is 9.36. The predicted molar refractivity (Wildman–Crippen MR) is 88.0 cm³/mol. The van der Waals surface area contributed by atoms with Crippen molar-refractivity contribution < 1.29 is 4.79 Å². The Labute approximate surface area is 137 Å². The highest BCUT2D eigenvalue weighted by atomic mass is 35.5. The summed E-state index contributed by atoms with van der Waals surface area (Å²) >= 11 is 7.55. The molecule has 0 aliphatic carbocycles. The number of imidazole rings is 1. The van der Waals surface area contributed by atoms with Gasteiger partial charge in [-0.1, -0.05) is 23.7 Å². The topological polar surface area (TPSA) is 46.9 Å². The zero-order valence-corrected chi connectivity index (χ0v) is 13.2. The third-order valence-electron chi connectivity index (χ3n) is 3.27. The van der Waals surface area contributed by atoms with Gasteiger partial charge in [-0.15, -0.1) is 0 Å². The summed E-state index contributed by atoms with van der Waals surface area (Å²) in [6.45, 7) is 0.244. The van der Waals surface area contributed by atoms with Crippen LogP contribution in [0, 0.1) is 0 Å². The van der Waals surface area contributed by atoms with Gasteiger partial charge in [0.25, 0.3) is 0 Å². The average molecular weight is 332 g/mol. The van der Waals surface area contributed by atoms with E-state index in [-0.39, 0.29) is 18.5 Å². The van der Waals surface area contributed by atoms with Crippen LogP contribution in [0.15, 0.2) is 59.8 Å². The average Bonchev–Trinajstić information content (AvgIpc) is 3.19. The molecule has 6 heteroatoms. The summed E-state index contributed by atoms with van der Waals surface area (Å²) in [4.78, 5) is 16.2. The van der Waals surface area contributed by atoms with Crippen LogP contribution in [0.2, 0.25) is 5.02 Å². The van der Waals surface area contributed by atoms with Crippen LogP contribution in [-0.2, 0) is 11.3 Å². The Bertz CT molecular complexity index is 723. The summed E-state index contributed by atoms with van der Waals surface area (Å²) in [7, 11) is 0. The second-order valence-electron chi connectivity index (χ2n) is 4.84. The minimum atomic E-state index is -0.181. The van der Waals surface area contributed by atoms with E-state index < -0.39 is 0 Å². The number of aromatic nitrogens is 2. The maximum Gasteiger partial charge on any atom is 0.240 e. The largest absolute Gasteiger partial charge is 0.344 e. The second-order valence-corrected chi connectivity index (χ2v) is 6.06. The fraction of sp³-hybridized carbons (Fsp3) is 0.125. The number of hydrogen-bond acceptors (Lipinski definition) is 3. The third-order valence-corrected chi connectivity index (χ3v) is 4.22. The molecule has 0 saturated carbocycles. The van der Waals surface area contributed by atoms with Gasteiger partial charge in [-0.05, 0) is 40.1 Å². The number of benzene rings is 1. The smallest absolute Gasteiger partial charge is 0.240 e. The van der Waals surface area contributed by atoms with Gasteiger partial charge < -0.3 is 9.88 Å². The molecular formula is C16H14ClN3OS. The van der Waals surface area contributed by atoms with Gasteiger partial charge in [-0.2, -0.15) is 11.3 Å². The Hall–Kier alpha value is -2.11. The highest BCUT2D eigenvalue weighted by molar-refractivity contribution is 7.08. The first kappa shape index (κ1) is 14.8. The maximum atomic E-state index is 12.3. The number of rotatable bonds is 5. The minimum absolute atomic E-state index is 0.0656. The van der Waals surface area contributed by atoms with Crippen LogP contribution >= 0.6 is 22.9 Å². The molecule has 22 heavy (non-hydrogen) atoms. The van der Waals surface area contributed by atoms with Crippen LogP contribution < -0.4 is 5.32 Å². The molecule has 1 aromatic carbocycles. The molecular weight excluding hydrogens is 318 g/mol. The summed E-state index contributed by atoms with van der Waals surface area (Å²) in [6.07, 6.45) is 5.05. The van der Waals surface area contributed by atoms with Crippen molar-refractivity contribution >= 4 is 28.8 Å². The molecule has 2 heterocycles. The fourth-order valence-corrected chi connectivity index (χ4v) is 3.02. The van der Waals surface area contributed by atoms with E-state index in [1.54, 1.807) is 34.6 Å². The lowest BCUT2D eigenvalue weighted by atomic mass is 10.0. The molecule has 0 saturated heterocycles. The zero-order chi connectivity index (χ0) is 15.4. The lowest BCUT2D eigenvalue weighted by molar-refractivity contribution is -0.122. The SMILES string of the molecule is O=C(Cn1ccnc1)N[C@H](c1ccc(Cl)cc1)c1ccsc1. The van der Waals surface area contributed by atoms with Crippen molar-refractivity contribution in [1.82, 2.24) is 14.9 Å². The monoisotopic (exact) mass is 331 g/mol. The van der Waals surface area contributed by atoms with Gasteiger partial charge in [0.05, 0.1) is 12.4 Å². The zero-order valence-electron chi connectivity index (χ0n) is 11.6. The summed E-state index contributed by atoms with van der Waals surface area (Å²) < 4.78 is 1.74. The van der Waals surface area contributed by atoms with Crippen molar-refractivity contribution in [3.05, 3.63) is 76.0 Å². The fourth-order valence-electron chi connectivity index (χ4n) is 2.21. The highest BCUT2D eigenvalue weighted by Crippen LogP contribution is 2.25. The number of amides is 1. The van der Waals surface area contributed by atoms with E-state index in [1.807, 2.05) is 41.1 Å². The lowest BCUT2D eigenvalue weighted by Gasteiger charge is -2.19. The van der Waals surface area contributed by atoms with E-state index >= 15 is 0 Å². The molecule has 0 aliphatic heterocycles. The highest BCUT2D eigenvalue weighted by Gasteiger charge is 2.17. The number of nitrogens with zero attached hydrogens (tertiary/aromatic N) is 2.